The average molecular weight is 371 g/mol. The number of aryl methyl sites for hydroxylation is 1. The fourth-order valence-corrected chi connectivity index (χ4v) is 4.41. The Bertz CT molecular complexity index is 821. The van der Waals surface area contributed by atoms with Gasteiger partial charge in [0.1, 0.15) is 5.82 Å². The lowest BCUT2D eigenvalue weighted by Gasteiger charge is -2.42. The van der Waals surface area contributed by atoms with Crippen molar-refractivity contribution in [2.75, 3.05) is 13.7 Å². The molecule has 1 aromatic carbocycles. The summed E-state index contributed by atoms with van der Waals surface area (Å²) >= 11 is 0. The summed E-state index contributed by atoms with van der Waals surface area (Å²) in [6.45, 7) is 3.08. The second kappa shape index (κ2) is 7.01. The molecule has 1 saturated carbocycles. The third kappa shape index (κ3) is 3.23. The van der Waals surface area contributed by atoms with Gasteiger partial charge in [-0.1, -0.05) is 12.1 Å². The number of amides is 1. The molecular formula is C19H25N5O3. The Morgan fingerprint density at radius 1 is 1.33 bits per heavy atom. The van der Waals surface area contributed by atoms with Crippen LogP contribution in [0.15, 0.2) is 24.3 Å². The number of methoxy groups -OCH3 is 1. The molecule has 2 aliphatic rings. The molecule has 1 aliphatic heterocycles. The first kappa shape index (κ1) is 18.1. The van der Waals surface area contributed by atoms with Crippen molar-refractivity contribution in [2.24, 2.45) is 0 Å². The summed E-state index contributed by atoms with van der Waals surface area (Å²) in [7, 11) is 1.72. The van der Waals surface area contributed by atoms with E-state index in [1.807, 2.05) is 36.1 Å². The zero-order chi connectivity index (χ0) is 19.0. The van der Waals surface area contributed by atoms with Crippen LogP contribution in [-0.2, 0) is 11.3 Å². The number of rotatable bonds is 4. The molecule has 8 heteroatoms. The molecule has 2 fully saturated rings. The maximum atomic E-state index is 13.1. The number of carbonyl (C=O) groups is 1. The molecule has 3 atom stereocenters. The number of benzene rings is 1. The van der Waals surface area contributed by atoms with Gasteiger partial charge < -0.3 is 14.7 Å². The van der Waals surface area contributed by atoms with E-state index in [4.69, 9.17) is 4.74 Å². The molecule has 27 heavy (non-hydrogen) atoms. The van der Waals surface area contributed by atoms with Crippen LogP contribution in [0.3, 0.4) is 0 Å². The summed E-state index contributed by atoms with van der Waals surface area (Å²) in [5.74, 6) is 0.747. The molecule has 1 amide bonds. The van der Waals surface area contributed by atoms with Crippen LogP contribution in [0, 0.1) is 6.92 Å². The lowest BCUT2D eigenvalue weighted by atomic mass is 9.79. The maximum Gasteiger partial charge on any atom is 0.254 e. The van der Waals surface area contributed by atoms with Crippen LogP contribution in [0.4, 0.5) is 0 Å². The van der Waals surface area contributed by atoms with Gasteiger partial charge in [0, 0.05) is 19.2 Å². The van der Waals surface area contributed by atoms with E-state index in [9.17, 15) is 9.90 Å². The number of nitrogens with zero attached hydrogens (tertiary/aromatic N) is 5. The highest BCUT2D eigenvalue weighted by Gasteiger charge is 2.52. The molecule has 0 unspecified atom stereocenters. The molecule has 1 saturated heterocycles. The fourth-order valence-electron chi connectivity index (χ4n) is 4.41. The Morgan fingerprint density at radius 3 is 2.78 bits per heavy atom. The molecule has 2 heterocycles. The zero-order valence-corrected chi connectivity index (χ0v) is 15.7. The molecule has 1 aromatic heterocycles. The van der Waals surface area contributed by atoms with Gasteiger partial charge in [-0.15, -0.1) is 5.10 Å². The highest BCUT2D eigenvalue weighted by Crippen LogP contribution is 2.42. The highest BCUT2D eigenvalue weighted by atomic mass is 16.5. The molecule has 4 rings (SSSR count). The minimum Gasteiger partial charge on any atom is -0.393 e. The largest absolute Gasteiger partial charge is 0.393 e. The quantitative estimate of drug-likeness (QED) is 0.867. The normalized spacial score (nSPS) is 27.6. The van der Waals surface area contributed by atoms with Crippen LogP contribution in [0.1, 0.15) is 47.4 Å². The molecule has 8 nitrogen and oxygen atoms in total. The predicted molar refractivity (Wildman–Crippen MR) is 97.1 cm³/mol. The number of carbonyl (C=O) groups excluding carboxylic acids is 1. The standard InChI is InChI=1S/C19H25N5O3/c1-13-20-21-22-24(13)12-14-3-5-15(6-4-14)18(26)23-10-9-19(27-2)8-7-16(25)11-17(19)23/h3-6,16-17,25H,7-12H2,1-2H3/t16-,17+,19-/m1/s1. The van der Waals surface area contributed by atoms with Crippen molar-refractivity contribution in [3.63, 3.8) is 0 Å². The topological polar surface area (TPSA) is 93.4 Å². The van der Waals surface area contributed by atoms with Crippen LogP contribution in [0.5, 0.6) is 0 Å². The van der Waals surface area contributed by atoms with Crippen molar-refractivity contribution in [1.82, 2.24) is 25.1 Å². The molecule has 0 radical (unpaired) electrons. The van der Waals surface area contributed by atoms with Gasteiger partial charge in [0.2, 0.25) is 0 Å². The smallest absolute Gasteiger partial charge is 0.254 e. The Hall–Kier alpha value is -2.32. The van der Waals surface area contributed by atoms with Gasteiger partial charge in [0.15, 0.2) is 0 Å². The summed E-state index contributed by atoms with van der Waals surface area (Å²) in [4.78, 5) is 15.0. The van der Waals surface area contributed by atoms with Crippen molar-refractivity contribution in [3.05, 3.63) is 41.2 Å². The van der Waals surface area contributed by atoms with Gasteiger partial charge in [-0.3, -0.25) is 4.79 Å². The van der Waals surface area contributed by atoms with Crippen LogP contribution in [-0.4, -0.2) is 67.5 Å². The third-order valence-electron chi connectivity index (χ3n) is 6.07. The predicted octanol–water partition coefficient (Wildman–Crippen LogP) is 1.17. The van der Waals surface area contributed by atoms with Gasteiger partial charge >= 0.3 is 0 Å². The van der Waals surface area contributed by atoms with Crippen LogP contribution >= 0.6 is 0 Å². The van der Waals surface area contributed by atoms with Gasteiger partial charge in [-0.05, 0) is 60.7 Å². The number of aliphatic hydroxyl groups is 1. The number of fused-ring (bicyclic) bond motifs is 1. The van der Waals surface area contributed by atoms with Crippen molar-refractivity contribution in [2.45, 2.75) is 56.9 Å². The van der Waals surface area contributed by atoms with Gasteiger partial charge in [0.05, 0.1) is 24.3 Å². The Morgan fingerprint density at radius 2 is 2.11 bits per heavy atom. The van der Waals surface area contributed by atoms with Gasteiger partial charge in [-0.2, -0.15) is 0 Å². The summed E-state index contributed by atoms with van der Waals surface area (Å²) < 4.78 is 7.55. The minimum atomic E-state index is -0.367. The molecule has 1 N–H and O–H groups in total. The number of ether oxygens (including phenoxy) is 1. The fraction of sp³-hybridized carbons (Fsp3) is 0.579. The monoisotopic (exact) mass is 371 g/mol. The maximum absolute atomic E-state index is 13.1. The number of likely N-dealkylation sites (tertiary alicyclic amines) is 1. The molecule has 1 aliphatic carbocycles. The average Bonchev–Trinajstić information content (AvgIpc) is 3.26. The third-order valence-corrected chi connectivity index (χ3v) is 6.07. The SMILES string of the molecule is CO[C@@]12CC[C@@H](O)C[C@@H]1N(C(=O)c1ccc(Cn3nnnc3C)cc1)CC2. The lowest BCUT2D eigenvalue weighted by molar-refractivity contribution is -0.0824. The van der Waals surface area contributed by atoms with E-state index >= 15 is 0 Å². The van der Waals surface area contributed by atoms with Gasteiger partial charge in [-0.25, -0.2) is 4.68 Å². The number of aliphatic hydroxyl groups excluding tert-OH is 1. The Labute approximate surface area is 158 Å². The first-order valence-corrected chi connectivity index (χ1v) is 9.38. The summed E-state index contributed by atoms with van der Waals surface area (Å²) in [6, 6.07) is 7.50. The molecule has 0 spiro atoms. The van der Waals surface area contributed by atoms with E-state index in [-0.39, 0.29) is 23.7 Å². The number of aromatic nitrogens is 4. The first-order chi connectivity index (χ1) is 13.0. The minimum absolute atomic E-state index is 0.00169. The number of tetrazole rings is 1. The van der Waals surface area contributed by atoms with Crippen LogP contribution in [0.2, 0.25) is 0 Å². The molecule has 144 valence electrons. The molecular weight excluding hydrogens is 346 g/mol. The number of hydrogen-bond donors (Lipinski definition) is 1. The summed E-state index contributed by atoms with van der Waals surface area (Å²) in [5, 5.41) is 21.6. The summed E-state index contributed by atoms with van der Waals surface area (Å²) in [5.41, 5.74) is 1.37. The highest BCUT2D eigenvalue weighted by molar-refractivity contribution is 5.94. The number of hydrogen-bond acceptors (Lipinski definition) is 6. The van der Waals surface area contributed by atoms with Crippen LogP contribution in [0.25, 0.3) is 0 Å². The van der Waals surface area contributed by atoms with E-state index in [0.29, 0.717) is 25.1 Å². The van der Waals surface area contributed by atoms with Crippen LogP contribution < -0.4 is 0 Å². The van der Waals surface area contributed by atoms with E-state index in [2.05, 4.69) is 15.5 Å². The lowest BCUT2D eigenvalue weighted by Crippen LogP contribution is -2.52. The van der Waals surface area contributed by atoms with Crippen molar-refractivity contribution >= 4 is 5.91 Å². The second-order valence-electron chi connectivity index (χ2n) is 7.54. The van der Waals surface area contributed by atoms with E-state index in [0.717, 1.165) is 30.7 Å². The first-order valence-electron chi connectivity index (χ1n) is 9.38. The Kier molecular flexibility index (Phi) is 4.69. The Balaban J connectivity index is 1.50. The van der Waals surface area contributed by atoms with Crippen molar-refractivity contribution < 1.29 is 14.6 Å². The molecule has 0 bridgehead atoms. The van der Waals surface area contributed by atoms with E-state index < -0.39 is 0 Å². The van der Waals surface area contributed by atoms with Crippen molar-refractivity contribution in [3.8, 4) is 0 Å². The zero-order valence-electron chi connectivity index (χ0n) is 15.7. The van der Waals surface area contributed by atoms with E-state index in [1.165, 1.54) is 0 Å². The van der Waals surface area contributed by atoms with Gasteiger partial charge in [0.25, 0.3) is 5.91 Å². The summed E-state index contributed by atoms with van der Waals surface area (Å²) in [6.07, 6.45) is 2.56. The van der Waals surface area contributed by atoms with Crippen molar-refractivity contribution in [1.29, 1.82) is 0 Å². The second-order valence-corrected chi connectivity index (χ2v) is 7.54. The van der Waals surface area contributed by atoms with E-state index in [1.54, 1.807) is 11.8 Å². The molecule has 2 aromatic rings.